The molecule has 0 aliphatic heterocycles. The predicted octanol–water partition coefficient (Wildman–Crippen LogP) is -0.947. The zero-order valence-electron chi connectivity index (χ0n) is 8.16. The van der Waals surface area contributed by atoms with Gasteiger partial charge in [0, 0.05) is 0 Å². The molecule has 0 aromatic rings. The highest BCUT2D eigenvalue weighted by molar-refractivity contribution is 6.19. The van der Waals surface area contributed by atoms with Crippen molar-refractivity contribution in [3.05, 3.63) is 12.2 Å². The van der Waals surface area contributed by atoms with Crippen molar-refractivity contribution in [3.8, 4) is 0 Å². The third-order valence-electron chi connectivity index (χ3n) is 1.90. The monoisotopic (exact) mass is 199 g/mol. The highest BCUT2D eigenvalue weighted by Crippen LogP contribution is 2.03. The van der Waals surface area contributed by atoms with Crippen molar-refractivity contribution in [2.45, 2.75) is 25.3 Å². The molecule has 0 rings (SSSR count). The van der Waals surface area contributed by atoms with Gasteiger partial charge in [-0.1, -0.05) is 13.0 Å². The molecule has 0 aromatic carbocycles. The second-order valence-electron chi connectivity index (χ2n) is 3.10. The van der Waals surface area contributed by atoms with E-state index in [1.165, 1.54) is 0 Å². The summed E-state index contributed by atoms with van der Waals surface area (Å²) in [5.41, 5.74) is 15.5. The number of unbranched alkanes of at least 4 members (excludes halogenated alkanes) is 1. The number of ketones is 1. The molecule has 0 saturated carbocycles. The molecule has 0 aromatic heterocycles. The van der Waals surface area contributed by atoms with E-state index < -0.39 is 17.7 Å². The highest BCUT2D eigenvalue weighted by Gasteiger charge is 2.19. The van der Waals surface area contributed by atoms with Crippen LogP contribution in [0.5, 0.6) is 0 Å². The summed E-state index contributed by atoms with van der Waals surface area (Å²) in [4.78, 5) is 21.9. The summed E-state index contributed by atoms with van der Waals surface area (Å²) < 4.78 is 0. The Bertz CT molecular complexity index is 238. The number of carbonyl (C=O) groups is 2. The Kier molecular flexibility index (Phi) is 5.74. The lowest BCUT2D eigenvalue weighted by Gasteiger charge is -2.09. The zero-order valence-corrected chi connectivity index (χ0v) is 8.16. The van der Waals surface area contributed by atoms with Crippen LogP contribution in [0.1, 0.15) is 19.3 Å². The predicted molar refractivity (Wildman–Crippen MR) is 54.2 cm³/mol. The maximum atomic E-state index is 11.3. The van der Waals surface area contributed by atoms with Crippen molar-refractivity contribution >= 4 is 11.7 Å². The summed E-state index contributed by atoms with van der Waals surface area (Å²) in [5, 5.41) is 0. The molecular weight excluding hydrogens is 182 g/mol. The van der Waals surface area contributed by atoms with Gasteiger partial charge in [0.2, 0.25) is 0 Å². The van der Waals surface area contributed by atoms with Gasteiger partial charge in [-0.05, 0) is 19.4 Å². The summed E-state index contributed by atoms with van der Waals surface area (Å²) in [5.74, 6) is -1.29. The van der Waals surface area contributed by atoms with Crippen LogP contribution in [0.3, 0.4) is 0 Å². The van der Waals surface area contributed by atoms with E-state index in [2.05, 4.69) is 6.58 Å². The van der Waals surface area contributed by atoms with E-state index in [9.17, 15) is 9.59 Å². The van der Waals surface area contributed by atoms with E-state index in [0.717, 1.165) is 12.8 Å². The Morgan fingerprint density at radius 3 is 2.29 bits per heavy atom. The quantitative estimate of drug-likeness (QED) is 0.212. The third kappa shape index (κ3) is 4.15. The molecule has 0 bridgehead atoms. The fourth-order valence-corrected chi connectivity index (χ4v) is 0.985. The topological polar surface area (TPSA) is 112 Å². The second-order valence-corrected chi connectivity index (χ2v) is 3.10. The molecule has 1 atom stereocenters. The molecule has 0 saturated heterocycles. The summed E-state index contributed by atoms with van der Waals surface area (Å²) in [7, 11) is 0. The van der Waals surface area contributed by atoms with Gasteiger partial charge in [0.05, 0.1) is 11.6 Å². The maximum absolute atomic E-state index is 11.3. The number of nitrogens with two attached hydrogens (primary N) is 3. The molecule has 14 heavy (non-hydrogen) atoms. The van der Waals surface area contributed by atoms with Crippen molar-refractivity contribution in [2.75, 3.05) is 6.54 Å². The minimum Gasteiger partial charge on any atom is -0.366 e. The van der Waals surface area contributed by atoms with E-state index in [1.807, 2.05) is 0 Å². The Labute approximate surface area is 83.3 Å². The molecule has 6 N–H and O–H groups in total. The second kappa shape index (κ2) is 6.28. The first kappa shape index (κ1) is 12.8. The van der Waals surface area contributed by atoms with Crippen LogP contribution in [0.2, 0.25) is 0 Å². The molecule has 0 aliphatic carbocycles. The summed E-state index contributed by atoms with van der Waals surface area (Å²) in [6.07, 6.45) is 2.07. The lowest BCUT2D eigenvalue weighted by molar-refractivity contribution is -0.121. The Morgan fingerprint density at radius 2 is 1.86 bits per heavy atom. The number of rotatable bonds is 7. The van der Waals surface area contributed by atoms with Crippen molar-refractivity contribution in [1.29, 1.82) is 0 Å². The Balaban J connectivity index is 3.99. The molecule has 5 heteroatoms. The first-order valence-electron chi connectivity index (χ1n) is 4.49. The van der Waals surface area contributed by atoms with E-state index in [-0.39, 0.29) is 5.57 Å². The molecule has 0 radical (unpaired) electrons. The number of carbonyl (C=O) groups excluding carboxylic acids is 2. The van der Waals surface area contributed by atoms with Crippen LogP contribution in [0.15, 0.2) is 12.2 Å². The van der Waals surface area contributed by atoms with Gasteiger partial charge < -0.3 is 17.2 Å². The molecular formula is C9H17N3O2. The summed E-state index contributed by atoms with van der Waals surface area (Å²) in [6, 6.07) is -0.693. The summed E-state index contributed by atoms with van der Waals surface area (Å²) >= 11 is 0. The number of hydrogen-bond acceptors (Lipinski definition) is 4. The fraction of sp³-hybridized carbons (Fsp3) is 0.556. The van der Waals surface area contributed by atoms with Gasteiger partial charge in [0.25, 0.3) is 5.91 Å². The van der Waals surface area contributed by atoms with E-state index in [4.69, 9.17) is 17.2 Å². The third-order valence-corrected chi connectivity index (χ3v) is 1.90. The average Bonchev–Trinajstić information content (AvgIpc) is 2.15. The highest BCUT2D eigenvalue weighted by atomic mass is 16.2. The Hall–Kier alpha value is -1.20. The lowest BCUT2D eigenvalue weighted by Crippen LogP contribution is -2.35. The van der Waals surface area contributed by atoms with Crippen molar-refractivity contribution in [3.63, 3.8) is 0 Å². The van der Waals surface area contributed by atoms with Gasteiger partial charge in [0.15, 0.2) is 5.78 Å². The molecule has 1 amide bonds. The normalized spacial score (nSPS) is 12.1. The molecule has 0 heterocycles. The summed E-state index contributed by atoms with van der Waals surface area (Å²) in [6.45, 7) is 3.84. The van der Waals surface area contributed by atoms with Gasteiger partial charge in [-0.25, -0.2) is 0 Å². The standard InChI is InChI=1S/C9H17N3O2/c1-6(9(12)14)8(13)7(11)4-2-3-5-10/h7H,1-5,10-11H2,(H2,12,14)/t7-/m0/s1. The number of hydrogen-bond donors (Lipinski definition) is 3. The van der Waals surface area contributed by atoms with Crippen LogP contribution < -0.4 is 17.2 Å². The fourth-order valence-electron chi connectivity index (χ4n) is 0.985. The van der Waals surface area contributed by atoms with Gasteiger partial charge >= 0.3 is 0 Å². The molecule has 5 nitrogen and oxygen atoms in total. The van der Waals surface area contributed by atoms with Crippen molar-refractivity contribution in [2.24, 2.45) is 17.2 Å². The number of primary amides is 1. The van der Waals surface area contributed by atoms with E-state index in [1.54, 1.807) is 0 Å². The molecule has 0 aliphatic rings. The van der Waals surface area contributed by atoms with E-state index >= 15 is 0 Å². The molecule has 80 valence electrons. The SMILES string of the molecule is C=C(C(N)=O)C(=O)[C@@H](N)CCCCN. The average molecular weight is 199 g/mol. The number of Topliss-reactive ketones (excluding diaryl/α,β-unsaturated/α-hetero) is 1. The van der Waals surface area contributed by atoms with Gasteiger partial charge in [-0.3, -0.25) is 9.59 Å². The minimum absolute atomic E-state index is 0.231. The Morgan fingerprint density at radius 1 is 1.29 bits per heavy atom. The minimum atomic E-state index is -0.815. The first-order chi connectivity index (χ1) is 6.50. The smallest absolute Gasteiger partial charge is 0.251 e. The van der Waals surface area contributed by atoms with Crippen LogP contribution in [-0.4, -0.2) is 24.3 Å². The van der Waals surface area contributed by atoms with Crippen LogP contribution >= 0.6 is 0 Å². The molecule has 0 fully saturated rings. The van der Waals surface area contributed by atoms with Crippen LogP contribution in [0, 0.1) is 0 Å². The van der Waals surface area contributed by atoms with Gasteiger partial charge in [-0.2, -0.15) is 0 Å². The van der Waals surface area contributed by atoms with Gasteiger partial charge in [0.1, 0.15) is 0 Å². The molecule has 0 spiro atoms. The van der Waals surface area contributed by atoms with Crippen molar-refractivity contribution < 1.29 is 9.59 Å². The van der Waals surface area contributed by atoms with Crippen LogP contribution in [-0.2, 0) is 9.59 Å². The maximum Gasteiger partial charge on any atom is 0.251 e. The van der Waals surface area contributed by atoms with Gasteiger partial charge in [-0.15, -0.1) is 0 Å². The molecule has 0 unspecified atom stereocenters. The first-order valence-corrected chi connectivity index (χ1v) is 4.49. The lowest BCUT2D eigenvalue weighted by atomic mass is 10.0. The van der Waals surface area contributed by atoms with Crippen molar-refractivity contribution in [1.82, 2.24) is 0 Å². The zero-order chi connectivity index (χ0) is 11.1. The van der Waals surface area contributed by atoms with E-state index in [0.29, 0.717) is 13.0 Å². The van der Waals surface area contributed by atoms with Crippen LogP contribution in [0.25, 0.3) is 0 Å². The number of amides is 1. The largest absolute Gasteiger partial charge is 0.366 e. The van der Waals surface area contributed by atoms with Crippen LogP contribution in [0.4, 0.5) is 0 Å².